The second kappa shape index (κ2) is 10.9. The Morgan fingerprint density at radius 1 is 1.43 bits per heavy atom. The first-order valence-electron chi connectivity index (χ1n) is 6.73. The number of allylic oxidation sites excluding steroid dienone is 4. The molecule has 5 heteroatoms. The van der Waals surface area contributed by atoms with Gasteiger partial charge in [0.1, 0.15) is 5.75 Å². The fraction of sp³-hybridized carbons (Fsp3) is 0.312. The molecule has 21 heavy (non-hydrogen) atoms. The molecule has 0 saturated heterocycles. The minimum absolute atomic E-state index is 0.640. The molecule has 0 heterocycles. The number of halogens is 1. The van der Waals surface area contributed by atoms with E-state index in [0.29, 0.717) is 12.1 Å². The summed E-state index contributed by atoms with van der Waals surface area (Å²) in [6.45, 7) is 0. The Bertz CT molecular complexity index is 513. The Hall–Kier alpha value is -0.790. The third-order valence-electron chi connectivity index (χ3n) is 2.95. The van der Waals surface area contributed by atoms with Crippen LogP contribution in [0.25, 0.3) is 0 Å². The molecule has 0 bridgehead atoms. The van der Waals surface area contributed by atoms with Gasteiger partial charge in [0, 0.05) is 33.3 Å². The van der Waals surface area contributed by atoms with Crippen LogP contribution in [0, 0.1) is 5.41 Å². The van der Waals surface area contributed by atoms with Crippen molar-refractivity contribution in [1.29, 1.82) is 5.41 Å². The Morgan fingerprint density at radius 2 is 2.19 bits per heavy atom. The number of nitrogens with one attached hydrogen (secondary N) is 2. The maximum Gasteiger partial charge on any atom is 0.119 e. The predicted octanol–water partition coefficient (Wildman–Crippen LogP) is 4.93. The first kappa shape index (κ1) is 18.3. The SMILES string of the molecule is CNSI.COc1cccc(C(=N)CC2=CCCC=C2)c1. The van der Waals surface area contributed by atoms with E-state index >= 15 is 0 Å². The molecule has 0 atom stereocenters. The highest BCUT2D eigenvalue weighted by molar-refractivity contribution is 14.2. The predicted molar refractivity (Wildman–Crippen MR) is 102 cm³/mol. The smallest absolute Gasteiger partial charge is 0.119 e. The summed E-state index contributed by atoms with van der Waals surface area (Å²) in [5.74, 6) is 0.806. The minimum atomic E-state index is 0.640. The molecule has 1 aliphatic carbocycles. The van der Waals surface area contributed by atoms with Gasteiger partial charge in [-0.2, -0.15) is 0 Å². The van der Waals surface area contributed by atoms with Crippen LogP contribution in [-0.4, -0.2) is 19.9 Å². The van der Waals surface area contributed by atoms with Crippen molar-refractivity contribution in [3.05, 3.63) is 53.6 Å². The number of hydrogen-bond donors (Lipinski definition) is 2. The van der Waals surface area contributed by atoms with E-state index < -0.39 is 0 Å². The van der Waals surface area contributed by atoms with Crippen molar-refractivity contribution in [3.8, 4) is 5.75 Å². The van der Waals surface area contributed by atoms with Gasteiger partial charge in [-0.05, 0) is 52.3 Å². The molecule has 2 N–H and O–H groups in total. The summed E-state index contributed by atoms with van der Waals surface area (Å²) in [6.07, 6.45) is 9.43. The lowest BCUT2D eigenvalue weighted by molar-refractivity contribution is 0.414. The van der Waals surface area contributed by atoms with Crippen molar-refractivity contribution in [2.75, 3.05) is 14.2 Å². The molecule has 0 aliphatic heterocycles. The normalized spacial score (nSPS) is 13.0. The van der Waals surface area contributed by atoms with Gasteiger partial charge in [-0.3, -0.25) is 4.72 Å². The van der Waals surface area contributed by atoms with Gasteiger partial charge in [0.25, 0.3) is 0 Å². The zero-order chi connectivity index (χ0) is 15.5. The average molecular weight is 416 g/mol. The fourth-order valence-electron chi connectivity index (χ4n) is 1.92. The van der Waals surface area contributed by atoms with Gasteiger partial charge < -0.3 is 10.1 Å². The standard InChI is InChI=1S/C15H17NO.CH4INS/c1-17-14-9-5-8-13(11-14)15(16)10-12-6-3-2-4-7-12;1-3-4-2/h3,5-9,11,16H,2,4,10H2,1H3;3H,1H3. The molecule has 0 spiro atoms. The van der Waals surface area contributed by atoms with Gasteiger partial charge in [0.2, 0.25) is 0 Å². The van der Waals surface area contributed by atoms with E-state index in [4.69, 9.17) is 10.1 Å². The molecule has 0 saturated carbocycles. The lowest BCUT2D eigenvalue weighted by Gasteiger charge is -2.09. The van der Waals surface area contributed by atoms with Crippen LogP contribution in [0.5, 0.6) is 5.75 Å². The Labute approximate surface area is 143 Å². The number of methoxy groups -OCH3 is 1. The topological polar surface area (TPSA) is 45.1 Å². The quantitative estimate of drug-likeness (QED) is 0.406. The van der Waals surface area contributed by atoms with E-state index in [1.165, 1.54) is 5.57 Å². The largest absolute Gasteiger partial charge is 0.497 e. The van der Waals surface area contributed by atoms with Crippen LogP contribution in [0.2, 0.25) is 0 Å². The number of ether oxygens (including phenoxy) is 1. The number of rotatable bonds is 5. The molecule has 1 aromatic carbocycles. The molecule has 114 valence electrons. The monoisotopic (exact) mass is 416 g/mol. The van der Waals surface area contributed by atoms with Gasteiger partial charge in [-0.25, -0.2) is 0 Å². The van der Waals surface area contributed by atoms with E-state index in [9.17, 15) is 0 Å². The first-order chi connectivity index (χ1) is 10.2. The van der Waals surface area contributed by atoms with Gasteiger partial charge in [-0.15, -0.1) is 0 Å². The Morgan fingerprint density at radius 3 is 2.76 bits per heavy atom. The molecule has 1 aliphatic rings. The minimum Gasteiger partial charge on any atom is -0.497 e. The maximum atomic E-state index is 8.11. The second-order valence-corrected chi connectivity index (χ2v) is 6.31. The molecule has 0 unspecified atom stereocenters. The third-order valence-corrected chi connectivity index (χ3v) is 4.42. The van der Waals surface area contributed by atoms with Crippen LogP contribution in [-0.2, 0) is 0 Å². The Kier molecular flexibility index (Phi) is 9.45. The lowest BCUT2D eigenvalue weighted by atomic mass is 9.98. The summed E-state index contributed by atoms with van der Waals surface area (Å²) in [6, 6.07) is 7.69. The molecule has 3 nitrogen and oxygen atoms in total. The molecule has 0 fully saturated rings. The van der Waals surface area contributed by atoms with E-state index in [-0.39, 0.29) is 0 Å². The summed E-state index contributed by atoms with van der Waals surface area (Å²) in [5, 5.41) is 8.11. The summed E-state index contributed by atoms with van der Waals surface area (Å²) in [5.41, 5.74) is 2.81. The molecule has 0 radical (unpaired) electrons. The zero-order valence-electron chi connectivity index (χ0n) is 12.4. The summed E-state index contributed by atoms with van der Waals surface area (Å²) < 4.78 is 8.00. The molecule has 0 aromatic heterocycles. The van der Waals surface area contributed by atoms with Crippen LogP contribution < -0.4 is 9.46 Å². The average Bonchev–Trinajstić information content (AvgIpc) is 2.56. The highest BCUT2D eigenvalue weighted by Gasteiger charge is 2.06. The Balaban J connectivity index is 0.000000491. The number of hydrogen-bond acceptors (Lipinski definition) is 4. The third kappa shape index (κ3) is 7.15. The highest BCUT2D eigenvalue weighted by Crippen LogP contribution is 2.18. The van der Waals surface area contributed by atoms with Crippen LogP contribution in [0.1, 0.15) is 24.8 Å². The second-order valence-electron chi connectivity index (χ2n) is 4.43. The van der Waals surface area contributed by atoms with E-state index in [1.807, 2.05) is 31.3 Å². The molecule has 1 aromatic rings. The molecule has 2 rings (SSSR count). The van der Waals surface area contributed by atoms with E-state index in [1.54, 1.807) is 16.2 Å². The van der Waals surface area contributed by atoms with Crippen molar-refractivity contribution in [2.24, 2.45) is 0 Å². The van der Waals surface area contributed by atoms with Crippen molar-refractivity contribution >= 4 is 36.0 Å². The zero-order valence-corrected chi connectivity index (χ0v) is 15.3. The van der Waals surface area contributed by atoms with E-state index in [0.717, 1.165) is 24.2 Å². The van der Waals surface area contributed by atoms with Crippen molar-refractivity contribution < 1.29 is 4.74 Å². The van der Waals surface area contributed by atoms with Crippen LogP contribution in [0.4, 0.5) is 0 Å². The van der Waals surface area contributed by atoms with Crippen LogP contribution in [0.15, 0.2) is 48.1 Å². The van der Waals surface area contributed by atoms with Crippen molar-refractivity contribution in [2.45, 2.75) is 19.3 Å². The van der Waals surface area contributed by atoms with E-state index in [2.05, 4.69) is 44.2 Å². The maximum absolute atomic E-state index is 8.11. The van der Waals surface area contributed by atoms with Crippen LogP contribution in [0.3, 0.4) is 0 Å². The molecular formula is C16H21IN2OS. The van der Waals surface area contributed by atoms with Gasteiger partial charge in [-0.1, -0.05) is 30.4 Å². The van der Waals surface area contributed by atoms with Gasteiger partial charge >= 0.3 is 0 Å². The van der Waals surface area contributed by atoms with Crippen LogP contribution >= 0.6 is 30.3 Å². The van der Waals surface area contributed by atoms with Gasteiger partial charge in [0.05, 0.1) is 7.11 Å². The van der Waals surface area contributed by atoms with Crippen molar-refractivity contribution in [3.63, 3.8) is 0 Å². The summed E-state index contributed by atoms with van der Waals surface area (Å²) in [7, 11) is 5.11. The number of benzene rings is 1. The summed E-state index contributed by atoms with van der Waals surface area (Å²) in [4.78, 5) is 0. The fourth-order valence-corrected chi connectivity index (χ4v) is 1.92. The molecular weight excluding hydrogens is 395 g/mol. The first-order valence-corrected chi connectivity index (χ1v) is 10.1. The van der Waals surface area contributed by atoms with Gasteiger partial charge in [0.15, 0.2) is 0 Å². The van der Waals surface area contributed by atoms with Crippen molar-refractivity contribution in [1.82, 2.24) is 4.72 Å². The lowest BCUT2D eigenvalue weighted by Crippen LogP contribution is -2.01. The highest BCUT2D eigenvalue weighted by atomic mass is 127. The summed E-state index contributed by atoms with van der Waals surface area (Å²) >= 11 is 2.16. The molecule has 0 amide bonds.